The van der Waals surface area contributed by atoms with Gasteiger partial charge in [-0.15, -0.1) is 0 Å². The third kappa shape index (κ3) is 4.66. The lowest BCUT2D eigenvalue weighted by Crippen LogP contribution is -2.32. The van der Waals surface area contributed by atoms with Crippen LogP contribution in [0, 0.1) is 0 Å². The van der Waals surface area contributed by atoms with Crippen molar-refractivity contribution in [3.63, 3.8) is 0 Å². The number of ketones is 1. The fourth-order valence-corrected chi connectivity index (χ4v) is 4.40. The number of nitrogens with zero attached hydrogens (tertiary/aromatic N) is 1. The highest BCUT2D eigenvalue weighted by atomic mass is 16.5. The number of benzene rings is 2. The molecule has 0 aliphatic heterocycles. The minimum atomic E-state index is -0.500. The zero-order valence-corrected chi connectivity index (χ0v) is 20.9. The van der Waals surface area contributed by atoms with Crippen LogP contribution in [0.2, 0.25) is 0 Å². The van der Waals surface area contributed by atoms with Crippen molar-refractivity contribution in [3.8, 4) is 5.75 Å². The highest BCUT2D eigenvalue weighted by Gasteiger charge is 2.39. The van der Waals surface area contributed by atoms with E-state index in [2.05, 4.69) is 35.7 Å². The summed E-state index contributed by atoms with van der Waals surface area (Å²) in [4.78, 5) is 44.5. The SMILES string of the molecule is C=C(C)C(=O)OCCNC(=O)COc1ccc2c(c1)C(C)(C)c1[nH]c3cc(C=NC)ccc3c1C2=O. The molecule has 0 fully saturated rings. The Morgan fingerprint density at radius 3 is 2.69 bits per heavy atom. The van der Waals surface area contributed by atoms with Crippen LogP contribution < -0.4 is 10.1 Å². The number of aromatic nitrogens is 1. The van der Waals surface area contributed by atoms with Crippen LogP contribution in [0.4, 0.5) is 0 Å². The van der Waals surface area contributed by atoms with Crippen molar-refractivity contribution in [1.82, 2.24) is 10.3 Å². The molecule has 1 aromatic heterocycles. The van der Waals surface area contributed by atoms with Crippen LogP contribution in [0.3, 0.4) is 0 Å². The van der Waals surface area contributed by atoms with Crippen molar-refractivity contribution in [2.75, 3.05) is 26.8 Å². The summed E-state index contributed by atoms with van der Waals surface area (Å²) in [5.74, 6) is -0.408. The number of aromatic amines is 1. The van der Waals surface area contributed by atoms with Crippen molar-refractivity contribution in [3.05, 3.63) is 76.5 Å². The van der Waals surface area contributed by atoms with E-state index in [4.69, 9.17) is 9.47 Å². The van der Waals surface area contributed by atoms with E-state index in [1.807, 2.05) is 24.3 Å². The quantitative estimate of drug-likeness (QED) is 0.218. The molecule has 2 N–H and O–H groups in total. The van der Waals surface area contributed by atoms with Crippen molar-refractivity contribution in [2.45, 2.75) is 26.2 Å². The van der Waals surface area contributed by atoms with E-state index in [0.717, 1.165) is 27.7 Å². The van der Waals surface area contributed by atoms with Gasteiger partial charge in [0.25, 0.3) is 5.91 Å². The Morgan fingerprint density at radius 2 is 1.97 bits per heavy atom. The molecule has 0 saturated heterocycles. The second-order valence-corrected chi connectivity index (χ2v) is 9.28. The number of nitrogens with one attached hydrogen (secondary N) is 2. The van der Waals surface area contributed by atoms with E-state index >= 15 is 0 Å². The fourth-order valence-electron chi connectivity index (χ4n) is 4.40. The molecular weight excluding hydrogens is 458 g/mol. The van der Waals surface area contributed by atoms with Gasteiger partial charge in [-0.2, -0.15) is 0 Å². The zero-order valence-electron chi connectivity index (χ0n) is 20.9. The molecule has 186 valence electrons. The number of ether oxygens (including phenoxy) is 2. The molecule has 0 saturated carbocycles. The van der Waals surface area contributed by atoms with Gasteiger partial charge in [-0.1, -0.05) is 32.6 Å². The summed E-state index contributed by atoms with van der Waals surface area (Å²) in [5.41, 5.74) is 4.61. The van der Waals surface area contributed by atoms with Gasteiger partial charge < -0.3 is 19.8 Å². The van der Waals surface area contributed by atoms with E-state index in [9.17, 15) is 14.4 Å². The summed E-state index contributed by atoms with van der Waals surface area (Å²) in [5, 5.41) is 3.52. The van der Waals surface area contributed by atoms with Crippen LogP contribution >= 0.6 is 0 Å². The predicted octanol–water partition coefficient (Wildman–Crippen LogP) is 3.70. The van der Waals surface area contributed by atoms with Gasteiger partial charge in [0.2, 0.25) is 0 Å². The molecule has 0 bridgehead atoms. The maximum Gasteiger partial charge on any atom is 0.333 e. The first-order valence-corrected chi connectivity index (χ1v) is 11.6. The molecule has 2 aromatic carbocycles. The van der Waals surface area contributed by atoms with Gasteiger partial charge in [0.1, 0.15) is 12.4 Å². The molecule has 8 nitrogen and oxygen atoms in total. The number of H-pyrrole nitrogens is 1. The summed E-state index contributed by atoms with van der Waals surface area (Å²) in [7, 11) is 1.72. The highest BCUT2D eigenvalue weighted by molar-refractivity contribution is 6.20. The number of hydrogen-bond donors (Lipinski definition) is 2. The Bertz CT molecular complexity index is 1410. The third-order valence-corrected chi connectivity index (χ3v) is 6.24. The van der Waals surface area contributed by atoms with Crippen LogP contribution in [0.15, 0.2) is 53.5 Å². The molecule has 4 rings (SSSR count). The molecule has 8 heteroatoms. The molecule has 1 aliphatic rings. The molecule has 1 heterocycles. The monoisotopic (exact) mass is 487 g/mol. The molecule has 0 atom stereocenters. The van der Waals surface area contributed by atoms with Crippen molar-refractivity contribution < 1.29 is 23.9 Å². The maximum atomic E-state index is 13.5. The smallest absolute Gasteiger partial charge is 0.333 e. The Balaban J connectivity index is 1.50. The topological polar surface area (TPSA) is 110 Å². The first-order valence-electron chi connectivity index (χ1n) is 11.6. The number of amides is 1. The van der Waals surface area contributed by atoms with Crippen LogP contribution in [0.5, 0.6) is 5.75 Å². The lowest BCUT2D eigenvalue weighted by Gasteiger charge is -2.32. The summed E-state index contributed by atoms with van der Waals surface area (Å²) in [6.07, 6.45) is 1.77. The minimum absolute atomic E-state index is 0.0453. The standard InChI is InChI=1S/C28H29N3O5/c1-16(2)27(34)35-11-10-30-23(32)15-36-18-7-9-19-21(13-18)28(3,4)26-24(25(19)33)20-8-6-17(14-29-5)12-22(20)31-26/h6-9,12-14,31H,1,10-11,15H2,2-5H3,(H,30,32). The summed E-state index contributed by atoms with van der Waals surface area (Å²) in [6.45, 7) is 9.18. The Labute approximate surface area is 209 Å². The summed E-state index contributed by atoms with van der Waals surface area (Å²) >= 11 is 0. The molecular formula is C28H29N3O5. The zero-order chi connectivity index (χ0) is 26.0. The molecule has 3 aromatic rings. The van der Waals surface area contributed by atoms with Crippen molar-refractivity contribution in [1.29, 1.82) is 0 Å². The number of fused-ring (bicyclic) bond motifs is 4. The number of rotatable bonds is 8. The Morgan fingerprint density at radius 1 is 1.19 bits per heavy atom. The van der Waals surface area contributed by atoms with Gasteiger partial charge in [0.05, 0.1) is 12.1 Å². The number of aliphatic imine (C=N–C) groups is 1. The van der Waals surface area contributed by atoms with Crippen molar-refractivity contribution >= 4 is 34.8 Å². The summed E-state index contributed by atoms with van der Waals surface area (Å²) in [6, 6.07) is 11.2. The molecule has 0 unspecified atom stereocenters. The summed E-state index contributed by atoms with van der Waals surface area (Å²) < 4.78 is 10.6. The lowest BCUT2D eigenvalue weighted by molar-refractivity contribution is -0.139. The van der Waals surface area contributed by atoms with Gasteiger partial charge in [0.15, 0.2) is 12.4 Å². The molecule has 36 heavy (non-hydrogen) atoms. The minimum Gasteiger partial charge on any atom is -0.484 e. The normalized spacial score (nSPS) is 13.8. The molecule has 0 spiro atoms. The van der Waals surface area contributed by atoms with E-state index in [1.54, 1.807) is 32.3 Å². The fraction of sp³-hybridized carbons (Fsp3) is 0.286. The van der Waals surface area contributed by atoms with Gasteiger partial charge in [0, 0.05) is 46.4 Å². The Hall–Kier alpha value is -4.20. The molecule has 1 aliphatic carbocycles. The van der Waals surface area contributed by atoms with E-state index in [-0.39, 0.29) is 31.4 Å². The highest BCUT2D eigenvalue weighted by Crippen LogP contribution is 2.44. The maximum absolute atomic E-state index is 13.5. The van der Waals surface area contributed by atoms with Crippen LogP contribution in [-0.4, -0.2) is 55.7 Å². The first-order chi connectivity index (χ1) is 17.1. The van der Waals surface area contributed by atoms with Crippen molar-refractivity contribution in [2.24, 2.45) is 4.99 Å². The van der Waals surface area contributed by atoms with E-state index < -0.39 is 11.4 Å². The largest absolute Gasteiger partial charge is 0.484 e. The number of hydrogen-bond acceptors (Lipinski definition) is 6. The third-order valence-electron chi connectivity index (χ3n) is 6.24. The Kier molecular flexibility index (Phi) is 6.79. The number of esters is 1. The second-order valence-electron chi connectivity index (χ2n) is 9.28. The van der Waals surface area contributed by atoms with Crippen LogP contribution in [-0.2, 0) is 19.7 Å². The first kappa shape index (κ1) is 24.9. The van der Waals surface area contributed by atoms with E-state index in [1.165, 1.54) is 0 Å². The predicted molar refractivity (Wildman–Crippen MR) is 138 cm³/mol. The average molecular weight is 488 g/mol. The van der Waals surface area contributed by atoms with Gasteiger partial charge in [-0.25, -0.2) is 4.79 Å². The average Bonchev–Trinajstić information content (AvgIpc) is 3.24. The molecule has 0 radical (unpaired) electrons. The lowest BCUT2D eigenvalue weighted by atomic mass is 9.71. The number of carbonyl (C=O) groups is 3. The van der Waals surface area contributed by atoms with Crippen LogP contribution in [0.1, 0.15) is 53.5 Å². The second kappa shape index (κ2) is 9.81. The molecule has 1 amide bonds. The van der Waals surface area contributed by atoms with E-state index in [0.29, 0.717) is 22.4 Å². The number of carbonyl (C=O) groups excluding carboxylic acids is 3. The van der Waals surface area contributed by atoms with Gasteiger partial charge in [-0.05, 0) is 42.3 Å². The van der Waals surface area contributed by atoms with Gasteiger partial charge in [-0.3, -0.25) is 14.6 Å². The van der Waals surface area contributed by atoms with Crippen LogP contribution in [0.25, 0.3) is 10.9 Å². The van der Waals surface area contributed by atoms with Gasteiger partial charge >= 0.3 is 5.97 Å².